The molecule has 0 amide bonds. The second-order valence-corrected chi connectivity index (χ2v) is 4.20. The number of ether oxygens (including phenoxy) is 1. The SMILES string of the molecule is O=Cc1ccc(OCCc2ccsc2)cc1. The van der Waals surface area contributed by atoms with E-state index < -0.39 is 0 Å². The predicted octanol–water partition coefficient (Wildman–Crippen LogP) is 3.18. The Morgan fingerprint density at radius 1 is 1.19 bits per heavy atom. The Kier molecular flexibility index (Phi) is 3.72. The van der Waals surface area contributed by atoms with Gasteiger partial charge >= 0.3 is 0 Å². The molecule has 1 aromatic heterocycles. The average Bonchev–Trinajstić information content (AvgIpc) is 2.83. The molecule has 0 aliphatic heterocycles. The fourth-order valence-electron chi connectivity index (χ4n) is 1.36. The summed E-state index contributed by atoms with van der Waals surface area (Å²) in [5.41, 5.74) is 1.97. The van der Waals surface area contributed by atoms with Crippen LogP contribution in [-0.2, 0) is 6.42 Å². The molecular weight excluding hydrogens is 220 g/mol. The quantitative estimate of drug-likeness (QED) is 0.740. The summed E-state index contributed by atoms with van der Waals surface area (Å²) in [6, 6.07) is 9.25. The number of carbonyl (C=O) groups is 1. The van der Waals surface area contributed by atoms with Crippen molar-refractivity contribution >= 4 is 17.6 Å². The van der Waals surface area contributed by atoms with Gasteiger partial charge in [-0.1, -0.05) is 0 Å². The molecule has 2 rings (SSSR count). The van der Waals surface area contributed by atoms with Gasteiger partial charge < -0.3 is 4.74 Å². The molecule has 0 aliphatic rings. The minimum Gasteiger partial charge on any atom is -0.493 e. The molecule has 1 aromatic carbocycles. The molecule has 3 heteroatoms. The standard InChI is InChI=1S/C13H12O2S/c14-9-11-1-3-13(4-2-11)15-7-5-12-6-8-16-10-12/h1-4,6,8-10H,5,7H2. The molecule has 0 bridgehead atoms. The largest absolute Gasteiger partial charge is 0.493 e. The van der Waals surface area contributed by atoms with Crippen molar-refractivity contribution in [3.05, 3.63) is 52.2 Å². The summed E-state index contributed by atoms with van der Waals surface area (Å²) < 4.78 is 5.57. The van der Waals surface area contributed by atoms with E-state index in [4.69, 9.17) is 4.74 Å². The van der Waals surface area contributed by atoms with Crippen LogP contribution in [0.15, 0.2) is 41.1 Å². The van der Waals surface area contributed by atoms with Crippen molar-refractivity contribution in [2.45, 2.75) is 6.42 Å². The average molecular weight is 232 g/mol. The Morgan fingerprint density at radius 2 is 2.00 bits per heavy atom. The Morgan fingerprint density at radius 3 is 2.62 bits per heavy atom. The van der Waals surface area contributed by atoms with Crippen LogP contribution in [0.2, 0.25) is 0 Å². The van der Waals surface area contributed by atoms with Gasteiger partial charge in [-0.25, -0.2) is 0 Å². The highest BCUT2D eigenvalue weighted by molar-refractivity contribution is 7.07. The lowest BCUT2D eigenvalue weighted by molar-refractivity contribution is 0.112. The van der Waals surface area contributed by atoms with Gasteiger partial charge in [0, 0.05) is 12.0 Å². The minimum absolute atomic E-state index is 0.664. The van der Waals surface area contributed by atoms with Crippen molar-refractivity contribution in [2.75, 3.05) is 6.61 Å². The maximum Gasteiger partial charge on any atom is 0.150 e. The molecule has 16 heavy (non-hydrogen) atoms. The Hall–Kier alpha value is -1.61. The first-order valence-corrected chi connectivity index (χ1v) is 6.02. The van der Waals surface area contributed by atoms with Crippen molar-refractivity contribution in [3.63, 3.8) is 0 Å². The van der Waals surface area contributed by atoms with Crippen molar-refractivity contribution in [1.29, 1.82) is 0 Å². The first kappa shape index (κ1) is 10.9. The lowest BCUT2D eigenvalue weighted by atomic mass is 10.2. The van der Waals surface area contributed by atoms with Gasteiger partial charge in [-0.05, 0) is 46.7 Å². The Balaban J connectivity index is 1.83. The zero-order valence-corrected chi connectivity index (χ0v) is 9.57. The molecule has 1 heterocycles. The van der Waals surface area contributed by atoms with Crippen LogP contribution in [0.5, 0.6) is 5.75 Å². The van der Waals surface area contributed by atoms with E-state index in [1.807, 2.05) is 12.1 Å². The van der Waals surface area contributed by atoms with E-state index in [2.05, 4.69) is 16.8 Å². The zero-order chi connectivity index (χ0) is 11.2. The molecule has 0 radical (unpaired) electrons. The smallest absolute Gasteiger partial charge is 0.150 e. The number of rotatable bonds is 5. The first-order chi connectivity index (χ1) is 7.88. The number of thiophene rings is 1. The molecule has 0 N–H and O–H groups in total. The van der Waals surface area contributed by atoms with Crippen molar-refractivity contribution in [2.24, 2.45) is 0 Å². The summed E-state index contributed by atoms with van der Waals surface area (Å²) in [4.78, 5) is 10.4. The topological polar surface area (TPSA) is 26.3 Å². The van der Waals surface area contributed by atoms with Crippen LogP contribution in [0.25, 0.3) is 0 Å². The summed E-state index contributed by atoms with van der Waals surface area (Å²) in [6.07, 6.45) is 1.74. The van der Waals surface area contributed by atoms with E-state index in [1.165, 1.54) is 5.56 Å². The summed E-state index contributed by atoms with van der Waals surface area (Å²) >= 11 is 1.70. The number of aldehydes is 1. The highest BCUT2D eigenvalue weighted by Gasteiger charge is 1.96. The van der Waals surface area contributed by atoms with Crippen molar-refractivity contribution in [1.82, 2.24) is 0 Å². The van der Waals surface area contributed by atoms with Gasteiger partial charge in [0.15, 0.2) is 0 Å². The van der Waals surface area contributed by atoms with Gasteiger partial charge in [-0.15, -0.1) is 0 Å². The second kappa shape index (κ2) is 5.47. The number of carbonyl (C=O) groups excluding carboxylic acids is 1. The van der Waals surface area contributed by atoms with Crippen LogP contribution in [-0.4, -0.2) is 12.9 Å². The normalized spacial score (nSPS) is 10.0. The maximum absolute atomic E-state index is 10.4. The number of hydrogen-bond acceptors (Lipinski definition) is 3. The first-order valence-electron chi connectivity index (χ1n) is 5.07. The number of benzene rings is 1. The van der Waals surface area contributed by atoms with E-state index in [9.17, 15) is 4.79 Å². The fourth-order valence-corrected chi connectivity index (χ4v) is 2.07. The van der Waals surface area contributed by atoms with Crippen LogP contribution < -0.4 is 4.74 Å². The van der Waals surface area contributed by atoms with Gasteiger partial charge in [-0.3, -0.25) is 4.79 Å². The van der Waals surface area contributed by atoms with E-state index in [-0.39, 0.29) is 0 Å². The molecule has 82 valence electrons. The second-order valence-electron chi connectivity index (χ2n) is 3.42. The molecule has 0 aliphatic carbocycles. The summed E-state index contributed by atoms with van der Waals surface area (Å²) in [5.74, 6) is 0.806. The molecular formula is C13H12O2S. The van der Waals surface area contributed by atoms with Gasteiger partial charge in [0.2, 0.25) is 0 Å². The van der Waals surface area contributed by atoms with Crippen LogP contribution in [0, 0.1) is 0 Å². The number of hydrogen-bond donors (Lipinski definition) is 0. The molecule has 0 spiro atoms. The third-order valence-corrected chi connectivity index (χ3v) is 2.99. The van der Waals surface area contributed by atoms with E-state index in [0.29, 0.717) is 12.2 Å². The summed E-state index contributed by atoms with van der Waals surface area (Å²) in [5, 5.41) is 4.19. The predicted molar refractivity (Wildman–Crippen MR) is 65.3 cm³/mol. The molecule has 0 saturated heterocycles. The molecule has 0 saturated carbocycles. The van der Waals surface area contributed by atoms with Crippen LogP contribution >= 0.6 is 11.3 Å². The van der Waals surface area contributed by atoms with Gasteiger partial charge in [-0.2, -0.15) is 11.3 Å². The maximum atomic E-state index is 10.4. The van der Waals surface area contributed by atoms with Gasteiger partial charge in [0.05, 0.1) is 6.61 Å². The lowest BCUT2D eigenvalue weighted by Gasteiger charge is -2.04. The van der Waals surface area contributed by atoms with Crippen molar-refractivity contribution < 1.29 is 9.53 Å². The third-order valence-electron chi connectivity index (χ3n) is 2.26. The molecule has 0 atom stereocenters. The Bertz CT molecular complexity index is 431. The van der Waals surface area contributed by atoms with Crippen LogP contribution in [0.4, 0.5) is 0 Å². The molecule has 2 aromatic rings. The van der Waals surface area contributed by atoms with Crippen LogP contribution in [0.3, 0.4) is 0 Å². The summed E-state index contributed by atoms with van der Waals surface area (Å²) in [7, 11) is 0. The zero-order valence-electron chi connectivity index (χ0n) is 8.76. The Labute approximate surface area is 98.5 Å². The molecule has 2 nitrogen and oxygen atoms in total. The van der Waals surface area contributed by atoms with Gasteiger partial charge in [0.1, 0.15) is 12.0 Å². The highest BCUT2D eigenvalue weighted by atomic mass is 32.1. The van der Waals surface area contributed by atoms with Gasteiger partial charge in [0.25, 0.3) is 0 Å². The lowest BCUT2D eigenvalue weighted by Crippen LogP contribution is -2.00. The van der Waals surface area contributed by atoms with Crippen molar-refractivity contribution in [3.8, 4) is 5.75 Å². The van der Waals surface area contributed by atoms with E-state index in [0.717, 1.165) is 18.5 Å². The summed E-state index contributed by atoms with van der Waals surface area (Å²) in [6.45, 7) is 0.664. The highest BCUT2D eigenvalue weighted by Crippen LogP contribution is 2.12. The fraction of sp³-hybridized carbons (Fsp3) is 0.154. The molecule has 0 fully saturated rings. The monoisotopic (exact) mass is 232 g/mol. The van der Waals surface area contributed by atoms with Crippen LogP contribution in [0.1, 0.15) is 15.9 Å². The minimum atomic E-state index is 0.664. The molecule has 0 unspecified atom stereocenters. The van der Waals surface area contributed by atoms with E-state index >= 15 is 0 Å². The third kappa shape index (κ3) is 2.94. The van der Waals surface area contributed by atoms with E-state index in [1.54, 1.807) is 23.5 Å².